The number of hydrogen-bond acceptors (Lipinski definition) is 3. The Balaban J connectivity index is 2.21. The van der Waals surface area contributed by atoms with Crippen molar-refractivity contribution in [2.24, 2.45) is 17.6 Å². The molecule has 1 unspecified atom stereocenters. The van der Waals surface area contributed by atoms with Crippen LogP contribution in [0.2, 0.25) is 18.1 Å². The van der Waals surface area contributed by atoms with E-state index in [4.69, 9.17) is 10.2 Å². The molecule has 2 aliphatic carbocycles. The van der Waals surface area contributed by atoms with Gasteiger partial charge in [-0.25, -0.2) is 0 Å². The van der Waals surface area contributed by atoms with E-state index in [-0.39, 0.29) is 23.1 Å². The molecule has 4 heteroatoms. The largest absolute Gasteiger partial charge is 0.413 e. The second-order valence-corrected chi connectivity index (χ2v) is 13.2. The fourth-order valence-corrected chi connectivity index (χ4v) is 4.96. The molecule has 0 bridgehead atoms. The Morgan fingerprint density at radius 2 is 1.90 bits per heavy atom. The summed E-state index contributed by atoms with van der Waals surface area (Å²) in [6.07, 6.45) is 8.10. The highest BCUT2D eigenvalue weighted by Crippen LogP contribution is 2.43. The maximum absolute atomic E-state index is 10.4. The lowest BCUT2D eigenvalue weighted by atomic mass is 9.71. The lowest BCUT2D eigenvalue weighted by Crippen LogP contribution is -2.52. The molecule has 0 radical (unpaired) electrons. The lowest BCUT2D eigenvalue weighted by Gasteiger charge is -2.45. The van der Waals surface area contributed by atoms with Crippen LogP contribution in [0.25, 0.3) is 0 Å². The Kier molecular flexibility index (Phi) is 5.03. The van der Waals surface area contributed by atoms with Crippen molar-refractivity contribution in [2.45, 2.75) is 82.8 Å². The van der Waals surface area contributed by atoms with Gasteiger partial charge in [0, 0.05) is 12.0 Å². The highest BCUT2D eigenvalue weighted by atomic mass is 28.4. The van der Waals surface area contributed by atoms with Gasteiger partial charge in [0.2, 0.25) is 0 Å². The molecule has 3 N–H and O–H groups in total. The van der Waals surface area contributed by atoms with Gasteiger partial charge in [0.25, 0.3) is 0 Å². The van der Waals surface area contributed by atoms with E-state index in [1.54, 1.807) is 0 Å². The third-order valence-electron chi connectivity index (χ3n) is 5.89. The maximum atomic E-state index is 10.4. The summed E-state index contributed by atoms with van der Waals surface area (Å²) in [6.45, 7) is 11.5. The van der Waals surface area contributed by atoms with Crippen LogP contribution in [-0.2, 0) is 4.43 Å². The summed E-state index contributed by atoms with van der Waals surface area (Å²) >= 11 is 0. The van der Waals surface area contributed by atoms with Gasteiger partial charge in [-0.1, -0.05) is 39.3 Å². The zero-order valence-corrected chi connectivity index (χ0v) is 15.3. The Morgan fingerprint density at radius 3 is 2.52 bits per heavy atom. The number of hydrogen-bond donors (Lipinski definition) is 2. The van der Waals surface area contributed by atoms with Gasteiger partial charge in [-0.15, -0.1) is 0 Å². The summed E-state index contributed by atoms with van der Waals surface area (Å²) in [5, 5.41) is 10.6. The SMILES string of the molecule is CC(C)(C)[Si](C)(C)OC1CC=C[C@@H](O)[C@H]2[C@@H](N)CCC[C@@H]12. The average Bonchev–Trinajstić information content (AvgIpc) is 2.49. The third-order valence-corrected chi connectivity index (χ3v) is 10.4. The van der Waals surface area contributed by atoms with Crippen molar-refractivity contribution in [3.05, 3.63) is 12.2 Å². The number of fused-ring (bicyclic) bond motifs is 1. The lowest BCUT2D eigenvalue weighted by molar-refractivity contribution is 0.00442. The van der Waals surface area contributed by atoms with Crippen molar-refractivity contribution in [1.82, 2.24) is 0 Å². The summed E-state index contributed by atoms with van der Waals surface area (Å²) in [4.78, 5) is 0. The Morgan fingerprint density at radius 1 is 1.24 bits per heavy atom. The molecule has 0 heterocycles. The van der Waals surface area contributed by atoms with Gasteiger partial charge in [0.05, 0.1) is 12.2 Å². The highest BCUT2D eigenvalue weighted by molar-refractivity contribution is 6.74. The van der Waals surface area contributed by atoms with Crippen molar-refractivity contribution in [2.75, 3.05) is 0 Å². The molecule has 2 aliphatic rings. The second-order valence-electron chi connectivity index (χ2n) is 8.41. The fraction of sp³-hybridized carbons (Fsp3) is 0.882. The van der Waals surface area contributed by atoms with Crippen LogP contribution in [0.5, 0.6) is 0 Å². The van der Waals surface area contributed by atoms with E-state index < -0.39 is 14.4 Å². The topological polar surface area (TPSA) is 55.5 Å². The summed E-state index contributed by atoms with van der Waals surface area (Å²) in [5.41, 5.74) is 6.32. The van der Waals surface area contributed by atoms with Crippen molar-refractivity contribution in [3.63, 3.8) is 0 Å². The number of nitrogens with two attached hydrogens (primary N) is 1. The standard InChI is InChI=1S/C17H33NO2Si/c1-17(2,3)21(4,5)20-15-11-7-10-14(19)16-12(15)8-6-9-13(16)18/h7,10,12-16,19H,6,8-9,11,18H2,1-5H3/t12-,13-,14+,15?,16+/m0/s1. The molecule has 1 fully saturated rings. The number of aliphatic hydroxyl groups is 1. The Labute approximate surface area is 131 Å². The fourth-order valence-electron chi connectivity index (χ4n) is 3.58. The quantitative estimate of drug-likeness (QED) is 0.607. The Hall–Kier alpha value is -0.163. The molecule has 3 nitrogen and oxygen atoms in total. The van der Waals surface area contributed by atoms with Crippen molar-refractivity contribution < 1.29 is 9.53 Å². The van der Waals surface area contributed by atoms with E-state index in [2.05, 4.69) is 39.9 Å². The van der Waals surface area contributed by atoms with E-state index in [9.17, 15) is 5.11 Å². The van der Waals surface area contributed by atoms with Gasteiger partial charge in [0.1, 0.15) is 0 Å². The molecular weight excluding hydrogens is 278 g/mol. The van der Waals surface area contributed by atoms with Gasteiger partial charge in [-0.05, 0) is 43.3 Å². The minimum absolute atomic E-state index is 0.104. The summed E-state index contributed by atoms with van der Waals surface area (Å²) in [7, 11) is -1.79. The van der Waals surface area contributed by atoms with Crippen LogP contribution in [0, 0.1) is 11.8 Å². The van der Waals surface area contributed by atoms with Gasteiger partial charge in [-0.2, -0.15) is 0 Å². The summed E-state index contributed by atoms with van der Waals surface area (Å²) in [5.74, 6) is 0.556. The number of rotatable bonds is 2. The predicted octanol–water partition coefficient (Wildman–Crippen LogP) is 3.44. The molecule has 5 atom stereocenters. The molecule has 0 aliphatic heterocycles. The van der Waals surface area contributed by atoms with Crippen molar-refractivity contribution in [1.29, 1.82) is 0 Å². The second kappa shape index (κ2) is 6.15. The van der Waals surface area contributed by atoms with Crippen LogP contribution in [0.15, 0.2) is 12.2 Å². The zero-order valence-electron chi connectivity index (χ0n) is 14.3. The van der Waals surface area contributed by atoms with Crippen molar-refractivity contribution in [3.8, 4) is 0 Å². The van der Waals surface area contributed by atoms with Gasteiger partial charge in [0.15, 0.2) is 8.32 Å². The molecule has 0 aromatic heterocycles. The van der Waals surface area contributed by atoms with E-state index in [1.165, 1.54) is 0 Å². The van der Waals surface area contributed by atoms with Crippen LogP contribution in [-0.4, -0.2) is 31.7 Å². The van der Waals surface area contributed by atoms with E-state index in [0.29, 0.717) is 5.92 Å². The normalized spacial score (nSPS) is 38.0. The molecule has 0 aromatic carbocycles. The molecule has 2 rings (SSSR count). The first kappa shape index (κ1) is 17.2. The molecule has 0 spiro atoms. The first-order valence-corrected chi connectivity index (χ1v) is 11.3. The Bertz CT molecular complexity index is 389. The predicted molar refractivity (Wildman–Crippen MR) is 90.6 cm³/mol. The average molecular weight is 312 g/mol. The third kappa shape index (κ3) is 3.61. The number of aliphatic hydroxyl groups excluding tert-OH is 1. The molecule has 122 valence electrons. The monoisotopic (exact) mass is 311 g/mol. The molecular formula is C17H33NO2Si. The minimum Gasteiger partial charge on any atom is -0.413 e. The van der Waals surface area contributed by atoms with E-state index in [1.807, 2.05) is 6.08 Å². The first-order chi connectivity index (χ1) is 9.63. The first-order valence-electron chi connectivity index (χ1n) is 8.41. The van der Waals surface area contributed by atoms with Gasteiger partial charge < -0.3 is 15.3 Å². The van der Waals surface area contributed by atoms with Crippen molar-refractivity contribution >= 4 is 8.32 Å². The molecule has 0 amide bonds. The molecule has 0 saturated heterocycles. The minimum atomic E-state index is -1.79. The van der Waals surface area contributed by atoms with Crippen LogP contribution in [0.1, 0.15) is 46.5 Å². The summed E-state index contributed by atoms with van der Waals surface area (Å²) in [6, 6.07) is 0.104. The van der Waals surface area contributed by atoms with Gasteiger partial charge >= 0.3 is 0 Å². The molecule has 1 saturated carbocycles. The van der Waals surface area contributed by atoms with E-state index >= 15 is 0 Å². The van der Waals surface area contributed by atoms with E-state index in [0.717, 1.165) is 25.7 Å². The zero-order chi connectivity index (χ0) is 15.8. The smallest absolute Gasteiger partial charge is 0.192 e. The highest BCUT2D eigenvalue weighted by Gasteiger charge is 2.45. The van der Waals surface area contributed by atoms with Crippen LogP contribution >= 0.6 is 0 Å². The van der Waals surface area contributed by atoms with Gasteiger partial charge in [-0.3, -0.25) is 0 Å². The maximum Gasteiger partial charge on any atom is 0.192 e. The summed E-state index contributed by atoms with van der Waals surface area (Å²) < 4.78 is 6.71. The van der Waals surface area contributed by atoms with Crippen LogP contribution in [0.3, 0.4) is 0 Å². The van der Waals surface area contributed by atoms with Crippen LogP contribution in [0.4, 0.5) is 0 Å². The van der Waals surface area contributed by atoms with Crippen LogP contribution < -0.4 is 5.73 Å². The molecule has 0 aromatic rings. The molecule has 21 heavy (non-hydrogen) atoms.